The van der Waals surface area contributed by atoms with E-state index in [4.69, 9.17) is 9.47 Å². The average molecular weight is 434 g/mol. The van der Waals surface area contributed by atoms with Crippen LogP contribution in [0.1, 0.15) is 23.7 Å². The van der Waals surface area contributed by atoms with Crippen LogP contribution in [0.4, 0.5) is 9.80 Å². The Hall–Kier alpha value is -2.27. The van der Waals surface area contributed by atoms with Gasteiger partial charge in [-0.05, 0) is 43.1 Å². The van der Waals surface area contributed by atoms with Crippen LogP contribution in [0.3, 0.4) is 0 Å². The first-order valence-electron chi connectivity index (χ1n) is 9.97. The largest absolute Gasteiger partial charge is 0.495 e. The Morgan fingerprint density at radius 2 is 2.30 bits per heavy atom. The highest BCUT2D eigenvalue weighted by Gasteiger charge is 2.41. The number of β-amino-alcohol motifs (C(OH)–C–C–N with tert-alkyl or cyclic N) is 1. The molecule has 2 aliphatic heterocycles. The number of ether oxygens (including phenoxy) is 2. The van der Waals surface area contributed by atoms with Crippen LogP contribution in [0.2, 0.25) is 0 Å². The van der Waals surface area contributed by atoms with Crippen LogP contribution in [0, 0.1) is 6.92 Å². The van der Waals surface area contributed by atoms with Crippen LogP contribution in [0.5, 0.6) is 5.75 Å². The van der Waals surface area contributed by atoms with Gasteiger partial charge in [0, 0.05) is 37.3 Å². The summed E-state index contributed by atoms with van der Waals surface area (Å²) in [6.45, 7) is 4.65. The van der Waals surface area contributed by atoms with E-state index < -0.39 is 5.60 Å². The van der Waals surface area contributed by atoms with E-state index in [0.29, 0.717) is 37.1 Å². The van der Waals surface area contributed by atoms with Crippen molar-refractivity contribution in [2.24, 2.45) is 0 Å². The SMILES string of the molecule is COc1ccc([C@@H]2CN(CC3(O)COC3)CC[C@H]2NC(=O)Nc2cc(C)ns2)nc1. The zero-order valence-corrected chi connectivity index (χ0v) is 17.9. The second-order valence-electron chi connectivity index (χ2n) is 8.01. The molecule has 9 nitrogen and oxygen atoms in total. The van der Waals surface area contributed by atoms with Crippen molar-refractivity contribution in [1.82, 2.24) is 19.6 Å². The lowest BCUT2D eigenvalue weighted by atomic mass is 9.87. The molecule has 2 amide bonds. The monoisotopic (exact) mass is 433 g/mol. The van der Waals surface area contributed by atoms with Crippen molar-refractivity contribution in [3.8, 4) is 5.75 Å². The number of carbonyl (C=O) groups is 1. The molecule has 2 fully saturated rings. The number of nitrogens with one attached hydrogen (secondary N) is 2. The van der Waals surface area contributed by atoms with E-state index in [0.717, 1.165) is 24.4 Å². The molecule has 4 rings (SSSR count). The molecular formula is C20H27N5O4S. The second kappa shape index (κ2) is 8.84. The molecule has 2 aliphatic rings. The molecular weight excluding hydrogens is 406 g/mol. The molecule has 10 heteroatoms. The topological polar surface area (TPSA) is 109 Å². The molecule has 3 N–H and O–H groups in total. The number of pyridine rings is 1. The Kier molecular flexibility index (Phi) is 6.19. The van der Waals surface area contributed by atoms with Gasteiger partial charge in [-0.15, -0.1) is 0 Å². The van der Waals surface area contributed by atoms with Crippen molar-refractivity contribution in [2.75, 3.05) is 45.3 Å². The van der Waals surface area contributed by atoms with E-state index in [2.05, 4.69) is 24.9 Å². The number of rotatable bonds is 6. The first-order valence-corrected chi connectivity index (χ1v) is 10.7. The maximum absolute atomic E-state index is 12.6. The van der Waals surface area contributed by atoms with Gasteiger partial charge in [0.2, 0.25) is 0 Å². The minimum Gasteiger partial charge on any atom is -0.495 e. The summed E-state index contributed by atoms with van der Waals surface area (Å²) in [6, 6.07) is 5.33. The summed E-state index contributed by atoms with van der Waals surface area (Å²) in [5.41, 5.74) is 0.984. The molecule has 0 aromatic carbocycles. The minimum atomic E-state index is -0.778. The molecule has 0 spiro atoms. The Morgan fingerprint density at radius 1 is 1.47 bits per heavy atom. The lowest BCUT2D eigenvalue weighted by Crippen LogP contribution is -2.60. The fourth-order valence-electron chi connectivity index (χ4n) is 3.95. The van der Waals surface area contributed by atoms with E-state index in [-0.39, 0.29) is 18.0 Å². The summed E-state index contributed by atoms with van der Waals surface area (Å²) in [6.07, 6.45) is 2.45. The minimum absolute atomic E-state index is 0.0109. The lowest BCUT2D eigenvalue weighted by Gasteiger charge is -2.44. The maximum atomic E-state index is 12.6. The normalized spacial score (nSPS) is 23.4. The van der Waals surface area contributed by atoms with E-state index in [1.807, 2.05) is 25.1 Å². The van der Waals surface area contributed by atoms with Crippen molar-refractivity contribution in [3.63, 3.8) is 0 Å². The zero-order chi connectivity index (χ0) is 21.1. The molecule has 2 aromatic rings. The van der Waals surface area contributed by atoms with Crippen molar-refractivity contribution in [2.45, 2.75) is 30.9 Å². The number of nitrogens with zero attached hydrogens (tertiary/aromatic N) is 3. The van der Waals surface area contributed by atoms with E-state index in [9.17, 15) is 9.90 Å². The number of hydrogen-bond donors (Lipinski definition) is 3. The van der Waals surface area contributed by atoms with Crippen LogP contribution in [0.25, 0.3) is 0 Å². The Bertz CT molecular complexity index is 870. The van der Waals surface area contributed by atoms with Gasteiger partial charge in [-0.1, -0.05) is 0 Å². The third-order valence-corrected chi connectivity index (χ3v) is 6.31. The van der Waals surface area contributed by atoms with E-state index in [1.165, 1.54) is 11.5 Å². The molecule has 30 heavy (non-hydrogen) atoms. The summed E-state index contributed by atoms with van der Waals surface area (Å²) in [4.78, 5) is 19.4. The van der Waals surface area contributed by atoms with Crippen LogP contribution < -0.4 is 15.4 Å². The summed E-state index contributed by atoms with van der Waals surface area (Å²) in [5.74, 6) is 0.679. The number of aliphatic hydroxyl groups is 1. The highest BCUT2D eigenvalue weighted by Crippen LogP contribution is 2.29. The molecule has 0 radical (unpaired) electrons. The third kappa shape index (κ3) is 4.89. The smallest absolute Gasteiger partial charge is 0.320 e. The van der Waals surface area contributed by atoms with Crippen LogP contribution in [-0.2, 0) is 4.74 Å². The number of amides is 2. The van der Waals surface area contributed by atoms with Gasteiger partial charge in [-0.3, -0.25) is 15.2 Å². The van der Waals surface area contributed by atoms with Gasteiger partial charge in [0.1, 0.15) is 16.4 Å². The molecule has 4 heterocycles. The lowest BCUT2D eigenvalue weighted by molar-refractivity contribution is -0.188. The number of piperidine rings is 1. The number of carbonyl (C=O) groups excluding carboxylic acids is 1. The average Bonchev–Trinajstić information content (AvgIpc) is 3.12. The number of aromatic nitrogens is 2. The standard InChI is InChI=1S/C20H27N5O4S/c1-13-7-18(30-24-13)23-19(26)22-17-5-6-25(10-20(27)11-29-12-20)9-15(17)16-4-3-14(28-2)8-21-16/h3-4,7-8,15,17,27H,5-6,9-12H2,1-2H3,(H2,22,23,26)/t15-,17+/m0/s1. The molecule has 0 unspecified atom stereocenters. The van der Waals surface area contributed by atoms with Crippen LogP contribution in [0.15, 0.2) is 24.4 Å². The summed E-state index contributed by atoms with van der Waals surface area (Å²) in [7, 11) is 1.61. The predicted octanol–water partition coefficient (Wildman–Crippen LogP) is 1.60. The molecule has 0 bridgehead atoms. The second-order valence-corrected chi connectivity index (χ2v) is 8.81. The third-order valence-electron chi connectivity index (χ3n) is 5.51. The fourth-order valence-corrected chi connectivity index (χ4v) is 4.61. The summed E-state index contributed by atoms with van der Waals surface area (Å²) >= 11 is 1.26. The van der Waals surface area contributed by atoms with Crippen molar-refractivity contribution in [3.05, 3.63) is 35.8 Å². The maximum Gasteiger partial charge on any atom is 0.320 e. The molecule has 2 atom stereocenters. The van der Waals surface area contributed by atoms with Gasteiger partial charge in [0.15, 0.2) is 0 Å². The molecule has 2 saturated heterocycles. The Balaban J connectivity index is 1.46. The first-order chi connectivity index (χ1) is 14.4. The molecule has 0 aliphatic carbocycles. The van der Waals surface area contributed by atoms with Crippen molar-refractivity contribution in [1.29, 1.82) is 0 Å². The Labute approximate surface area is 179 Å². The van der Waals surface area contributed by atoms with E-state index in [1.54, 1.807) is 13.3 Å². The van der Waals surface area contributed by atoms with Gasteiger partial charge in [-0.2, -0.15) is 4.37 Å². The number of methoxy groups -OCH3 is 1. The number of aryl methyl sites for hydroxylation is 1. The number of hydrogen-bond acceptors (Lipinski definition) is 8. The van der Waals surface area contributed by atoms with E-state index >= 15 is 0 Å². The zero-order valence-electron chi connectivity index (χ0n) is 17.1. The predicted molar refractivity (Wildman–Crippen MR) is 113 cm³/mol. The highest BCUT2D eigenvalue weighted by atomic mass is 32.1. The number of anilines is 1. The van der Waals surface area contributed by atoms with Gasteiger partial charge in [-0.25, -0.2) is 4.79 Å². The van der Waals surface area contributed by atoms with Gasteiger partial charge < -0.3 is 19.9 Å². The van der Waals surface area contributed by atoms with Crippen LogP contribution in [-0.4, -0.2) is 77.0 Å². The number of urea groups is 1. The van der Waals surface area contributed by atoms with Gasteiger partial charge in [0.25, 0.3) is 0 Å². The van der Waals surface area contributed by atoms with Crippen molar-refractivity contribution >= 4 is 22.6 Å². The van der Waals surface area contributed by atoms with Gasteiger partial charge >= 0.3 is 6.03 Å². The first kappa shape index (κ1) is 21.0. The molecule has 0 saturated carbocycles. The molecule has 162 valence electrons. The van der Waals surface area contributed by atoms with Gasteiger partial charge in [0.05, 0.1) is 32.2 Å². The summed E-state index contributed by atoms with van der Waals surface area (Å²) < 4.78 is 14.6. The van der Waals surface area contributed by atoms with Crippen LogP contribution >= 0.6 is 11.5 Å². The quantitative estimate of drug-likeness (QED) is 0.635. The highest BCUT2D eigenvalue weighted by molar-refractivity contribution is 7.10. The molecule has 2 aromatic heterocycles. The number of likely N-dealkylation sites (tertiary alicyclic amines) is 1. The summed E-state index contributed by atoms with van der Waals surface area (Å²) in [5, 5.41) is 17.2. The van der Waals surface area contributed by atoms with Crippen molar-refractivity contribution < 1.29 is 19.4 Å². The Morgan fingerprint density at radius 3 is 2.90 bits per heavy atom. The fraction of sp³-hybridized carbons (Fsp3) is 0.550.